The molecule has 5 heterocycles. The average molecular weight is 581 g/mol. The van der Waals surface area contributed by atoms with Gasteiger partial charge in [-0.2, -0.15) is 0 Å². The third-order valence-corrected chi connectivity index (χ3v) is 8.93. The van der Waals surface area contributed by atoms with Crippen molar-refractivity contribution in [3.05, 3.63) is 134 Å². The van der Waals surface area contributed by atoms with Crippen LogP contribution in [0.5, 0.6) is 0 Å². The lowest BCUT2D eigenvalue weighted by Crippen LogP contribution is -1.95. The number of aromatic nitrogens is 6. The van der Waals surface area contributed by atoms with Gasteiger partial charge in [0.25, 0.3) is 0 Å². The van der Waals surface area contributed by atoms with E-state index in [0.29, 0.717) is 0 Å². The van der Waals surface area contributed by atoms with Gasteiger partial charge in [-0.1, -0.05) is 49.6 Å². The number of imidazole rings is 4. The van der Waals surface area contributed by atoms with Crippen LogP contribution in [0.15, 0.2) is 127 Å². The minimum atomic E-state index is 0.802. The highest BCUT2D eigenvalue weighted by atomic mass is 16.3. The highest BCUT2D eigenvalue weighted by Crippen LogP contribution is 2.36. The zero-order valence-electron chi connectivity index (χ0n) is 24.1. The minimum absolute atomic E-state index is 0.802. The van der Waals surface area contributed by atoms with Crippen LogP contribution in [-0.2, 0) is 0 Å². The standard InChI is InChI=1S/C38H24N6O/c1-3-27-29(4-2)43-33-15-9-7-13-31(33)41(37(43)39-27)23-17-19-35-25(21-23)26-22-24(18-20-36(26)45-35)42-32-14-8-10-16-34(32)44-30-12-6-5-11-28(30)40-38(42)44/h3-22H,1-2H2. The summed E-state index contributed by atoms with van der Waals surface area (Å²) < 4.78 is 15.2. The molecule has 0 aliphatic carbocycles. The number of benzene rings is 5. The summed E-state index contributed by atoms with van der Waals surface area (Å²) in [5.74, 6) is 1.68. The summed E-state index contributed by atoms with van der Waals surface area (Å²) in [6.07, 6.45) is 3.62. The molecule has 0 bridgehead atoms. The molecule has 0 saturated heterocycles. The minimum Gasteiger partial charge on any atom is -0.456 e. The highest BCUT2D eigenvalue weighted by Gasteiger charge is 2.21. The SMILES string of the molecule is C=Cc1nc2n(-c3ccc4oc5ccc(-n6c7ccccc7n7c8ccccc8nc67)cc5c4c3)c3ccccc3n2c1C=C. The zero-order valence-corrected chi connectivity index (χ0v) is 24.1. The Morgan fingerprint density at radius 3 is 1.67 bits per heavy atom. The third kappa shape index (κ3) is 3.08. The number of fused-ring (bicyclic) bond motifs is 11. The van der Waals surface area contributed by atoms with Crippen LogP contribution in [0, 0.1) is 0 Å². The fourth-order valence-electron chi connectivity index (χ4n) is 7.01. The first kappa shape index (κ1) is 24.1. The molecule has 0 atom stereocenters. The van der Waals surface area contributed by atoms with Crippen LogP contribution in [0.2, 0.25) is 0 Å². The van der Waals surface area contributed by atoms with Gasteiger partial charge < -0.3 is 4.42 Å². The van der Waals surface area contributed by atoms with Crippen molar-refractivity contribution in [3.63, 3.8) is 0 Å². The maximum Gasteiger partial charge on any atom is 0.220 e. The Balaban J connectivity index is 1.25. The van der Waals surface area contributed by atoms with Crippen molar-refractivity contribution in [3.8, 4) is 11.4 Å². The lowest BCUT2D eigenvalue weighted by Gasteiger charge is -2.06. The van der Waals surface area contributed by atoms with Gasteiger partial charge in [-0.15, -0.1) is 0 Å². The Morgan fingerprint density at radius 1 is 0.533 bits per heavy atom. The number of para-hydroxylation sites is 6. The second-order valence-electron chi connectivity index (χ2n) is 11.3. The number of nitrogens with zero attached hydrogens (tertiary/aromatic N) is 6. The molecule has 212 valence electrons. The Bertz CT molecular complexity index is 2870. The van der Waals surface area contributed by atoms with E-state index in [0.717, 1.165) is 89.4 Å². The van der Waals surface area contributed by atoms with Crippen molar-refractivity contribution >= 4 is 78.7 Å². The van der Waals surface area contributed by atoms with Gasteiger partial charge >= 0.3 is 0 Å². The fourth-order valence-corrected chi connectivity index (χ4v) is 7.01. The quantitative estimate of drug-likeness (QED) is 0.209. The zero-order chi connectivity index (χ0) is 29.8. The number of hydrogen-bond donors (Lipinski definition) is 0. The van der Waals surface area contributed by atoms with E-state index in [1.165, 1.54) is 0 Å². The molecule has 7 nitrogen and oxygen atoms in total. The van der Waals surface area contributed by atoms with Gasteiger partial charge in [0.2, 0.25) is 11.6 Å². The van der Waals surface area contributed by atoms with Crippen molar-refractivity contribution in [2.75, 3.05) is 0 Å². The molecule has 5 aromatic carbocycles. The second kappa shape index (κ2) is 8.61. The average Bonchev–Trinajstić information content (AvgIpc) is 3.87. The van der Waals surface area contributed by atoms with Crippen molar-refractivity contribution < 1.29 is 4.42 Å². The van der Waals surface area contributed by atoms with Crippen molar-refractivity contribution in [2.24, 2.45) is 0 Å². The van der Waals surface area contributed by atoms with E-state index in [1.54, 1.807) is 6.08 Å². The van der Waals surface area contributed by atoms with Gasteiger partial charge in [-0.3, -0.25) is 17.9 Å². The highest BCUT2D eigenvalue weighted by molar-refractivity contribution is 6.07. The van der Waals surface area contributed by atoms with Gasteiger partial charge in [0.05, 0.1) is 55.9 Å². The van der Waals surface area contributed by atoms with E-state index >= 15 is 0 Å². The summed E-state index contributed by atoms with van der Waals surface area (Å²) in [5.41, 5.74) is 11.8. The van der Waals surface area contributed by atoms with Crippen LogP contribution in [-0.4, -0.2) is 27.9 Å². The van der Waals surface area contributed by atoms with E-state index in [2.05, 4.69) is 122 Å². The summed E-state index contributed by atoms with van der Waals surface area (Å²) in [6.45, 7) is 8.05. The summed E-state index contributed by atoms with van der Waals surface area (Å²) >= 11 is 0. The summed E-state index contributed by atoms with van der Waals surface area (Å²) in [6, 6.07) is 37.8. The predicted molar refractivity (Wildman–Crippen MR) is 183 cm³/mol. The summed E-state index contributed by atoms with van der Waals surface area (Å²) in [5, 5.41) is 2.06. The molecule has 0 aliphatic rings. The fraction of sp³-hybridized carbons (Fsp3) is 0. The first-order valence-electron chi connectivity index (χ1n) is 14.8. The smallest absolute Gasteiger partial charge is 0.220 e. The molecular weight excluding hydrogens is 556 g/mol. The van der Waals surface area contributed by atoms with E-state index < -0.39 is 0 Å². The van der Waals surface area contributed by atoms with Crippen LogP contribution in [0.1, 0.15) is 11.4 Å². The van der Waals surface area contributed by atoms with Gasteiger partial charge in [0, 0.05) is 10.8 Å². The first-order chi connectivity index (χ1) is 22.2. The molecule has 0 saturated carbocycles. The largest absolute Gasteiger partial charge is 0.456 e. The lowest BCUT2D eigenvalue weighted by atomic mass is 10.1. The number of furan rings is 1. The molecule has 0 aliphatic heterocycles. The lowest BCUT2D eigenvalue weighted by molar-refractivity contribution is 0.669. The van der Waals surface area contributed by atoms with Crippen molar-refractivity contribution in [1.29, 1.82) is 0 Å². The number of rotatable bonds is 4. The summed E-state index contributed by atoms with van der Waals surface area (Å²) in [7, 11) is 0. The van der Waals surface area contributed by atoms with E-state index in [1.807, 2.05) is 24.3 Å². The molecule has 7 heteroatoms. The molecule has 0 unspecified atom stereocenters. The molecule has 10 rings (SSSR count). The molecule has 0 N–H and O–H groups in total. The maximum atomic E-state index is 6.37. The van der Waals surface area contributed by atoms with Crippen LogP contribution in [0.3, 0.4) is 0 Å². The van der Waals surface area contributed by atoms with Crippen molar-refractivity contribution in [1.82, 2.24) is 27.9 Å². The van der Waals surface area contributed by atoms with E-state index in [-0.39, 0.29) is 0 Å². The van der Waals surface area contributed by atoms with E-state index in [4.69, 9.17) is 14.4 Å². The molecule has 0 radical (unpaired) electrons. The van der Waals surface area contributed by atoms with Gasteiger partial charge in [0.15, 0.2) is 0 Å². The predicted octanol–water partition coefficient (Wildman–Crippen LogP) is 9.21. The van der Waals surface area contributed by atoms with Gasteiger partial charge in [-0.05, 0) is 84.9 Å². The Kier molecular flexibility index (Phi) is 4.62. The second-order valence-corrected chi connectivity index (χ2v) is 11.3. The molecule has 5 aromatic heterocycles. The van der Waals surface area contributed by atoms with Crippen LogP contribution >= 0.6 is 0 Å². The molecule has 0 amide bonds. The molecule has 10 aromatic rings. The van der Waals surface area contributed by atoms with Crippen molar-refractivity contribution in [2.45, 2.75) is 0 Å². The molecule has 0 fully saturated rings. The Hall–Kier alpha value is -6.34. The van der Waals surface area contributed by atoms with E-state index in [9.17, 15) is 0 Å². The third-order valence-electron chi connectivity index (χ3n) is 8.93. The topological polar surface area (TPSA) is 57.6 Å². The van der Waals surface area contributed by atoms with Crippen LogP contribution in [0.4, 0.5) is 0 Å². The monoisotopic (exact) mass is 580 g/mol. The Labute approximate surface area is 255 Å². The first-order valence-corrected chi connectivity index (χ1v) is 14.8. The molecule has 0 spiro atoms. The molecular formula is C38H24N6O. The van der Waals surface area contributed by atoms with Gasteiger partial charge in [0.1, 0.15) is 11.2 Å². The maximum absolute atomic E-state index is 6.37. The van der Waals surface area contributed by atoms with Crippen LogP contribution in [0.25, 0.3) is 90.1 Å². The number of hydrogen-bond acceptors (Lipinski definition) is 3. The van der Waals surface area contributed by atoms with Crippen LogP contribution < -0.4 is 0 Å². The normalized spacial score (nSPS) is 12.2. The van der Waals surface area contributed by atoms with Gasteiger partial charge in [-0.25, -0.2) is 9.97 Å². The summed E-state index contributed by atoms with van der Waals surface area (Å²) in [4.78, 5) is 10.0. The molecule has 45 heavy (non-hydrogen) atoms. The Morgan fingerprint density at radius 2 is 1.07 bits per heavy atom.